The highest BCUT2D eigenvalue weighted by molar-refractivity contribution is 7.80. The van der Waals surface area contributed by atoms with Crippen molar-refractivity contribution in [2.24, 2.45) is 62.9 Å². The summed E-state index contributed by atoms with van der Waals surface area (Å²) in [5.74, 6) is -15.2. The predicted octanol–water partition coefficient (Wildman–Crippen LogP) is -5.19. The molecule has 0 saturated carbocycles. The summed E-state index contributed by atoms with van der Waals surface area (Å²) in [6.07, 6.45) is 2.50. The minimum Gasteiger partial charge on any atom is -0.481 e. The number of hydrogen-bond acceptors (Lipinski definition) is 21. The van der Waals surface area contributed by atoms with Crippen LogP contribution in [0.3, 0.4) is 0 Å². The second-order valence-corrected chi connectivity index (χ2v) is 28.2. The number of unbranched alkanes of at least 4 members (excludes halogenated alkanes) is 3. The van der Waals surface area contributed by atoms with E-state index < -0.39 is 192 Å². The summed E-state index contributed by atoms with van der Waals surface area (Å²) in [5.41, 5.74) is 39.9. The minimum absolute atomic E-state index is 0.0193. The van der Waals surface area contributed by atoms with Crippen molar-refractivity contribution >= 4 is 107 Å². The van der Waals surface area contributed by atoms with Crippen LogP contribution in [0.4, 0.5) is 0 Å². The lowest BCUT2D eigenvalue weighted by Crippen LogP contribution is -2.61. The van der Waals surface area contributed by atoms with E-state index in [9.17, 15) is 77.0 Å². The zero-order chi connectivity index (χ0) is 78.1. The van der Waals surface area contributed by atoms with Crippen LogP contribution in [0.5, 0.6) is 0 Å². The largest absolute Gasteiger partial charge is 0.481 e. The Bertz CT molecular complexity index is 2980. The Morgan fingerprint density at radius 1 is 0.452 bits per heavy atom. The maximum atomic E-state index is 14.7. The fourth-order valence-electron chi connectivity index (χ4n) is 12.6. The number of nitrogens with zero attached hydrogens (tertiary/aromatic N) is 4. The molecule has 0 spiro atoms. The molecule has 0 aromatic heterocycles. The number of guanidine groups is 1. The number of likely N-dealkylation sites (tertiary alicyclic amines) is 3. The van der Waals surface area contributed by atoms with Crippen LogP contribution in [0.2, 0.25) is 0 Å². The second kappa shape index (κ2) is 45.7. The zero-order valence-corrected chi connectivity index (χ0v) is 61.7. The number of aliphatic imine (C=N–C) groups is 1. The van der Waals surface area contributed by atoms with Crippen molar-refractivity contribution in [1.29, 1.82) is 0 Å². The van der Waals surface area contributed by atoms with Gasteiger partial charge in [0.05, 0.1) is 18.9 Å². The van der Waals surface area contributed by atoms with Crippen LogP contribution < -0.4 is 88.0 Å². The smallest absolute Gasteiger partial charge is 0.326 e. The van der Waals surface area contributed by atoms with Gasteiger partial charge in [-0.1, -0.05) is 41.5 Å². The number of nitrogens with two attached hydrogens (primary N) is 7. The van der Waals surface area contributed by atoms with E-state index in [0.29, 0.717) is 57.9 Å². The Morgan fingerprint density at radius 2 is 0.856 bits per heavy atom. The summed E-state index contributed by atoms with van der Waals surface area (Å²) in [7, 11) is 0. The Hall–Kier alpha value is -8.49. The summed E-state index contributed by atoms with van der Waals surface area (Å²) in [6, 6.07) is -17.2. The molecule has 37 nitrogen and oxygen atoms in total. The number of thiol groups is 1. The van der Waals surface area contributed by atoms with Crippen LogP contribution in [0, 0.1) is 17.8 Å². The quantitative estimate of drug-likeness (QED) is 0.0117. The maximum Gasteiger partial charge on any atom is 0.326 e. The molecule has 3 aliphatic rings. The molecule has 25 N–H and O–H groups in total. The molecule has 0 aromatic carbocycles. The molecular formula is C66H116N20O17S. The second-order valence-electron chi connectivity index (χ2n) is 27.8. The van der Waals surface area contributed by atoms with E-state index in [1.54, 1.807) is 41.5 Å². The first-order valence-corrected chi connectivity index (χ1v) is 36.7. The van der Waals surface area contributed by atoms with Gasteiger partial charge in [-0.2, -0.15) is 12.6 Å². The molecule has 0 unspecified atom stereocenters. The average molecular weight is 1490 g/mol. The fourth-order valence-corrected chi connectivity index (χ4v) is 12.8. The third-order valence-electron chi connectivity index (χ3n) is 18.2. The topological polar surface area (TPSA) is 609 Å². The lowest BCUT2D eigenvalue weighted by Gasteiger charge is -2.33. The Balaban J connectivity index is 1.90. The summed E-state index contributed by atoms with van der Waals surface area (Å²) >= 11 is 4.20. The van der Waals surface area contributed by atoms with Crippen molar-refractivity contribution in [3.05, 3.63) is 0 Å². The zero-order valence-electron chi connectivity index (χ0n) is 60.8. The van der Waals surface area contributed by atoms with E-state index in [-0.39, 0.29) is 121 Å². The van der Waals surface area contributed by atoms with Crippen LogP contribution in [-0.4, -0.2) is 250 Å². The van der Waals surface area contributed by atoms with Crippen molar-refractivity contribution in [1.82, 2.24) is 62.6 Å². The van der Waals surface area contributed by atoms with Gasteiger partial charge in [-0.25, -0.2) is 4.79 Å². The number of amides is 13. The SMILES string of the molecule is CC(C)C[C@H](NC(=O)[C@H](CCCCN)NC(=O)[C@H](CCCN=C(N)N)NC(=O)[C@H](CC(N)=O)NC(=O)[C@@H](NC(=O)[C@@H]1CCCN1C(=O)[C@@H]1CCCN1C(=O)[C@H](CS)NC(=O)[C@@H](N)CC(=O)O)C(C)C)C(=O)N[C@@H](CCCCN)C(=O)N1CCC[C@H]1C(=O)N[C@@H](CCCCN)C(=O)N[C@H](C(=O)O)C(C)C. The first kappa shape index (κ1) is 89.7. The van der Waals surface area contributed by atoms with Gasteiger partial charge in [0.15, 0.2) is 5.96 Å². The number of carboxylic acids is 2. The monoisotopic (exact) mass is 1490 g/mol. The van der Waals surface area contributed by atoms with Crippen LogP contribution in [0.15, 0.2) is 4.99 Å². The van der Waals surface area contributed by atoms with Gasteiger partial charge in [0.2, 0.25) is 76.8 Å². The molecule has 13 amide bonds. The normalized spacial score (nSPS) is 18.6. The first-order valence-electron chi connectivity index (χ1n) is 36.0. The number of carbonyl (C=O) groups excluding carboxylic acids is 13. The molecule has 3 aliphatic heterocycles. The third-order valence-corrected chi connectivity index (χ3v) is 18.5. The summed E-state index contributed by atoms with van der Waals surface area (Å²) in [6.45, 7) is 11.0. The van der Waals surface area contributed by atoms with Gasteiger partial charge in [0, 0.05) is 31.9 Å². The molecule has 3 saturated heterocycles. The minimum atomic E-state index is -1.79. The average Bonchev–Trinajstić information content (AvgIpc) is 1.63. The lowest BCUT2D eigenvalue weighted by molar-refractivity contribution is -0.148. The Morgan fingerprint density at radius 3 is 1.34 bits per heavy atom. The molecule has 13 atom stereocenters. The van der Waals surface area contributed by atoms with E-state index in [4.69, 9.17) is 45.2 Å². The number of rotatable bonds is 47. The number of aliphatic carboxylic acids is 2. The van der Waals surface area contributed by atoms with E-state index in [0.717, 1.165) is 0 Å². The van der Waals surface area contributed by atoms with E-state index in [1.807, 2.05) is 0 Å². The predicted molar refractivity (Wildman–Crippen MR) is 385 cm³/mol. The molecule has 3 rings (SSSR count). The Kier molecular flexibility index (Phi) is 39.4. The molecule has 0 bridgehead atoms. The number of carboxylic acid groups (broad SMARTS) is 2. The van der Waals surface area contributed by atoms with Crippen molar-refractivity contribution in [3.63, 3.8) is 0 Å². The molecule has 588 valence electrons. The van der Waals surface area contributed by atoms with E-state index >= 15 is 0 Å². The van der Waals surface area contributed by atoms with Crippen molar-refractivity contribution in [2.45, 2.75) is 249 Å². The molecule has 104 heavy (non-hydrogen) atoms. The van der Waals surface area contributed by atoms with Gasteiger partial charge < -0.3 is 113 Å². The highest BCUT2D eigenvalue weighted by Gasteiger charge is 2.46. The van der Waals surface area contributed by atoms with E-state index in [1.165, 1.54) is 14.7 Å². The summed E-state index contributed by atoms with van der Waals surface area (Å²) in [4.78, 5) is 214. The maximum absolute atomic E-state index is 14.7. The van der Waals surface area contributed by atoms with Crippen LogP contribution in [-0.2, 0) is 71.9 Å². The summed E-state index contributed by atoms with van der Waals surface area (Å²) in [5, 5.41) is 42.5. The number of primary amides is 1. The molecule has 3 fully saturated rings. The van der Waals surface area contributed by atoms with E-state index in [2.05, 4.69) is 65.5 Å². The lowest BCUT2D eigenvalue weighted by atomic mass is 10.00. The van der Waals surface area contributed by atoms with Gasteiger partial charge in [0.25, 0.3) is 0 Å². The van der Waals surface area contributed by atoms with Crippen molar-refractivity contribution in [3.8, 4) is 0 Å². The third kappa shape index (κ3) is 29.2. The molecule has 0 aromatic rings. The van der Waals surface area contributed by atoms with Gasteiger partial charge in [-0.3, -0.25) is 72.1 Å². The molecule has 38 heteroatoms. The van der Waals surface area contributed by atoms with Crippen LogP contribution >= 0.6 is 12.6 Å². The molecule has 0 aliphatic carbocycles. The first-order chi connectivity index (χ1) is 49.1. The number of hydrogen-bond donors (Lipinski definition) is 19. The Labute approximate surface area is 612 Å². The van der Waals surface area contributed by atoms with Gasteiger partial charge in [-0.15, -0.1) is 0 Å². The van der Waals surface area contributed by atoms with Crippen molar-refractivity contribution < 1.29 is 82.1 Å². The van der Waals surface area contributed by atoms with Crippen LogP contribution in [0.1, 0.15) is 170 Å². The van der Waals surface area contributed by atoms with Crippen molar-refractivity contribution in [2.75, 3.05) is 51.6 Å². The standard InChI is InChI=1S/C66H116N20O17S/c1-35(2)31-43(57(94)78-42(19-9-12-26-69)62(99)84-28-14-21-46(84)59(96)77-40(18-8-11-25-68)56(93)83-52(37(5)6)65(102)103)79-55(92)39(17-7-10-24-67)75-54(91)41(20-13-27-74-66(72)73)76-58(95)44(33-49(71)87)80-61(98)51(36(3)4)82-60(97)47-22-15-29-85(47)64(101)48-23-16-30-86(48)63(100)45(34-104)81-53(90)38(70)32-50(88)89/h35-48,51-52,104H,7-34,67-70H2,1-6H3,(H2,71,87)(H,75,91)(H,76,95)(H,77,96)(H,78,94)(H,79,92)(H,80,98)(H,81,90)(H,82,97)(H,83,93)(H,88,89)(H,102,103)(H4,72,73,74)/t38-,39-,40-,41-,42-,43-,44-,45-,46-,47-,48-,51-,52-/m0/s1. The van der Waals surface area contributed by atoms with Gasteiger partial charge >= 0.3 is 11.9 Å². The van der Waals surface area contributed by atoms with Crippen LogP contribution in [0.25, 0.3) is 0 Å². The fraction of sp³-hybridized carbons (Fsp3) is 0.758. The number of carbonyl (C=O) groups is 15. The molecule has 3 heterocycles. The van der Waals surface area contributed by atoms with Gasteiger partial charge in [0.1, 0.15) is 72.5 Å². The van der Waals surface area contributed by atoms with Gasteiger partial charge in [-0.05, 0) is 153 Å². The number of nitrogens with one attached hydrogen (secondary N) is 9. The summed E-state index contributed by atoms with van der Waals surface area (Å²) < 4.78 is 0. The highest BCUT2D eigenvalue weighted by Crippen LogP contribution is 2.27. The molecular weight excluding hydrogens is 1380 g/mol. The highest BCUT2D eigenvalue weighted by atomic mass is 32.1. The molecule has 0 radical (unpaired) electrons.